The number of anilines is 1. The molecule has 26 heavy (non-hydrogen) atoms. The molecule has 8 heteroatoms. The number of aryl methyl sites for hydroxylation is 1. The van der Waals surface area contributed by atoms with Gasteiger partial charge in [0.05, 0.1) is 12.8 Å². The highest BCUT2D eigenvalue weighted by molar-refractivity contribution is 5.95. The summed E-state index contributed by atoms with van der Waals surface area (Å²) in [4.78, 5) is 23.6. The number of hydrogen-bond acceptors (Lipinski definition) is 5. The molecule has 3 aromatic rings. The molecule has 1 aliphatic heterocycles. The number of hydrogen-bond donors (Lipinski definition) is 2. The van der Waals surface area contributed by atoms with Crippen LogP contribution in [0.1, 0.15) is 29.2 Å². The molecule has 0 radical (unpaired) electrons. The van der Waals surface area contributed by atoms with Crippen molar-refractivity contribution in [3.05, 3.63) is 63.6 Å². The summed E-state index contributed by atoms with van der Waals surface area (Å²) < 4.78 is 6.76. The molecule has 3 heterocycles. The molecule has 0 saturated carbocycles. The van der Waals surface area contributed by atoms with Gasteiger partial charge in [0.1, 0.15) is 11.6 Å². The first-order valence-electron chi connectivity index (χ1n) is 8.16. The van der Waals surface area contributed by atoms with Gasteiger partial charge in [-0.25, -0.2) is 5.10 Å². The molecule has 0 saturated heterocycles. The van der Waals surface area contributed by atoms with Crippen molar-refractivity contribution in [3.63, 3.8) is 0 Å². The maximum atomic E-state index is 12.3. The number of amides is 1. The van der Waals surface area contributed by atoms with Crippen molar-refractivity contribution in [1.29, 1.82) is 0 Å². The largest absolute Gasteiger partial charge is 0.497 e. The summed E-state index contributed by atoms with van der Waals surface area (Å²) in [6.07, 6.45) is 0.338. The number of nitrogens with zero attached hydrogens (tertiary/aromatic N) is 3. The Kier molecular flexibility index (Phi) is 3.80. The Bertz CT molecular complexity index is 1020. The lowest BCUT2D eigenvalue weighted by Gasteiger charge is -2.24. The summed E-state index contributed by atoms with van der Waals surface area (Å²) in [6, 6.07) is 10.6. The number of rotatable bonds is 3. The number of methoxy groups -OCH3 is 1. The number of aromatic amines is 1. The van der Waals surface area contributed by atoms with Crippen molar-refractivity contribution in [3.8, 4) is 11.6 Å². The van der Waals surface area contributed by atoms with Gasteiger partial charge in [0, 0.05) is 24.0 Å². The molecule has 1 aromatic carbocycles. The molecular weight excluding hydrogens is 334 g/mol. The van der Waals surface area contributed by atoms with Crippen LogP contribution in [0.25, 0.3) is 5.82 Å². The number of H-pyrrole nitrogens is 1. The van der Waals surface area contributed by atoms with Gasteiger partial charge in [0.2, 0.25) is 5.91 Å². The average molecular weight is 351 g/mol. The van der Waals surface area contributed by atoms with E-state index >= 15 is 0 Å². The Morgan fingerprint density at radius 3 is 2.58 bits per heavy atom. The number of nitrogens with one attached hydrogen (secondary N) is 2. The first kappa shape index (κ1) is 16.1. The van der Waals surface area contributed by atoms with E-state index in [1.807, 2.05) is 31.2 Å². The third-order valence-electron chi connectivity index (χ3n) is 4.50. The van der Waals surface area contributed by atoms with Gasteiger partial charge in [-0.2, -0.15) is 14.9 Å². The Balaban J connectivity index is 1.83. The van der Waals surface area contributed by atoms with Crippen molar-refractivity contribution in [2.75, 3.05) is 12.4 Å². The normalized spacial score (nSPS) is 16.1. The third-order valence-corrected chi connectivity index (χ3v) is 4.50. The van der Waals surface area contributed by atoms with E-state index in [-0.39, 0.29) is 17.4 Å². The van der Waals surface area contributed by atoms with Crippen LogP contribution in [0.3, 0.4) is 0 Å². The highest BCUT2D eigenvalue weighted by Gasteiger charge is 2.32. The van der Waals surface area contributed by atoms with E-state index in [0.717, 1.165) is 22.6 Å². The topological polar surface area (TPSA) is 102 Å². The first-order chi connectivity index (χ1) is 12.6. The van der Waals surface area contributed by atoms with E-state index < -0.39 is 0 Å². The molecule has 2 aromatic heterocycles. The number of benzene rings is 1. The van der Waals surface area contributed by atoms with Gasteiger partial charge in [-0.1, -0.05) is 12.1 Å². The second-order valence-corrected chi connectivity index (χ2v) is 6.12. The van der Waals surface area contributed by atoms with E-state index in [9.17, 15) is 9.59 Å². The van der Waals surface area contributed by atoms with Crippen molar-refractivity contribution in [2.24, 2.45) is 0 Å². The summed E-state index contributed by atoms with van der Waals surface area (Å²) in [7, 11) is 1.62. The number of fused-ring (bicyclic) bond motifs is 1. The van der Waals surface area contributed by atoms with Crippen molar-refractivity contribution >= 4 is 11.7 Å². The van der Waals surface area contributed by atoms with Gasteiger partial charge in [0.15, 0.2) is 5.82 Å². The highest BCUT2D eigenvalue weighted by atomic mass is 16.5. The molecule has 0 fully saturated rings. The molecule has 2 N–H and O–H groups in total. The number of carbonyl (C=O) groups excluding carboxylic acids is 1. The zero-order valence-electron chi connectivity index (χ0n) is 14.3. The predicted octanol–water partition coefficient (Wildman–Crippen LogP) is 1.75. The molecular formula is C18H17N5O3. The van der Waals surface area contributed by atoms with Crippen molar-refractivity contribution < 1.29 is 9.53 Å². The minimum atomic E-state index is -0.299. The summed E-state index contributed by atoms with van der Waals surface area (Å²) in [6.45, 7) is 1.90. The fourth-order valence-electron chi connectivity index (χ4n) is 3.29. The van der Waals surface area contributed by atoms with Crippen LogP contribution in [0.15, 0.2) is 41.2 Å². The Hall–Kier alpha value is -3.42. The van der Waals surface area contributed by atoms with E-state index in [1.54, 1.807) is 17.9 Å². The van der Waals surface area contributed by atoms with Gasteiger partial charge >= 0.3 is 0 Å². The van der Waals surface area contributed by atoms with Crippen LogP contribution in [0, 0.1) is 6.92 Å². The molecule has 4 rings (SSSR count). The number of ether oxygens (including phenoxy) is 1. The van der Waals surface area contributed by atoms with Crippen LogP contribution >= 0.6 is 0 Å². The molecule has 1 aliphatic rings. The lowest BCUT2D eigenvalue weighted by atomic mass is 9.86. The minimum absolute atomic E-state index is 0.0936. The van der Waals surface area contributed by atoms with Crippen LogP contribution in [0.2, 0.25) is 0 Å². The van der Waals surface area contributed by atoms with Gasteiger partial charge < -0.3 is 10.1 Å². The van der Waals surface area contributed by atoms with Crippen molar-refractivity contribution in [1.82, 2.24) is 20.0 Å². The minimum Gasteiger partial charge on any atom is -0.497 e. The lowest BCUT2D eigenvalue weighted by molar-refractivity contribution is -0.116. The average Bonchev–Trinajstić information content (AvgIpc) is 2.98. The van der Waals surface area contributed by atoms with Crippen LogP contribution in [0.4, 0.5) is 5.82 Å². The quantitative estimate of drug-likeness (QED) is 0.748. The molecule has 1 amide bonds. The van der Waals surface area contributed by atoms with Gasteiger partial charge in [-0.15, -0.1) is 0 Å². The molecule has 0 bridgehead atoms. The van der Waals surface area contributed by atoms with Crippen molar-refractivity contribution in [2.45, 2.75) is 19.3 Å². The standard InChI is InChI=1S/C18H17N5O3/c1-10-17-13(11-3-5-12(26-2)6-4-11)9-16(25)19-18(17)23(22-10)14-7-8-15(24)21-20-14/h3-8,13H,9H2,1-2H3,(H,19,25)(H,21,24)/t13-/m0/s1. The van der Waals surface area contributed by atoms with E-state index in [1.165, 1.54) is 6.07 Å². The lowest BCUT2D eigenvalue weighted by Crippen LogP contribution is -2.25. The maximum Gasteiger partial charge on any atom is 0.264 e. The Morgan fingerprint density at radius 1 is 1.15 bits per heavy atom. The van der Waals surface area contributed by atoms with Crippen LogP contribution < -0.4 is 15.6 Å². The number of aromatic nitrogens is 4. The van der Waals surface area contributed by atoms with Crippen LogP contribution in [-0.4, -0.2) is 33.0 Å². The second kappa shape index (κ2) is 6.14. The summed E-state index contributed by atoms with van der Waals surface area (Å²) >= 11 is 0. The van der Waals surface area contributed by atoms with Crippen LogP contribution in [-0.2, 0) is 4.79 Å². The fourth-order valence-corrected chi connectivity index (χ4v) is 3.29. The molecule has 1 atom stereocenters. The highest BCUT2D eigenvalue weighted by Crippen LogP contribution is 2.40. The monoisotopic (exact) mass is 351 g/mol. The second-order valence-electron chi connectivity index (χ2n) is 6.12. The zero-order valence-corrected chi connectivity index (χ0v) is 14.3. The molecule has 0 aliphatic carbocycles. The molecule has 0 unspecified atom stereocenters. The summed E-state index contributed by atoms with van der Waals surface area (Å²) in [5, 5.41) is 13.8. The Morgan fingerprint density at radius 2 is 1.92 bits per heavy atom. The van der Waals surface area contributed by atoms with Gasteiger partial charge in [0.25, 0.3) is 5.56 Å². The van der Waals surface area contributed by atoms with Gasteiger partial charge in [-0.05, 0) is 30.7 Å². The van der Waals surface area contributed by atoms with E-state index in [4.69, 9.17) is 4.74 Å². The van der Waals surface area contributed by atoms with E-state index in [0.29, 0.717) is 18.1 Å². The molecule has 132 valence electrons. The molecule has 0 spiro atoms. The molecule has 8 nitrogen and oxygen atoms in total. The Labute approximate surface area is 148 Å². The summed E-state index contributed by atoms with van der Waals surface area (Å²) in [5.74, 6) is 1.58. The maximum absolute atomic E-state index is 12.3. The summed E-state index contributed by atoms with van der Waals surface area (Å²) in [5.41, 5.74) is 2.46. The first-order valence-corrected chi connectivity index (χ1v) is 8.16. The third kappa shape index (κ3) is 2.65. The van der Waals surface area contributed by atoms with E-state index in [2.05, 4.69) is 20.6 Å². The van der Waals surface area contributed by atoms with Crippen LogP contribution in [0.5, 0.6) is 5.75 Å². The van der Waals surface area contributed by atoms with Gasteiger partial charge in [-0.3, -0.25) is 9.59 Å². The smallest absolute Gasteiger partial charge is 0.264 e. The SMILES string of the molecule is COc1ccc([C@@H]2CC(=O)Nc3c2c(C)nn3-c2ccc(=O)[nH]n2)cc1. The number of carbonyl (C=O) groups is 1. The zero-order chi connectivity index (χ0) is 18.3. The fraction of sp³-hybridized carbons (Fsp3) is 0.222. The predicted molar refractivity (Wildman–Crippen MR) is 94.8 cm³/mol.